The third-order valence-electron chi connectivity index (χ3n) is 5.11. The molecule has 1 unspecified atom stereocenters. The number of imide groups is 1. The normalized spacial score (nSPS) is 23.7. The summed E-state index contributed by atoms with van der Waals surface area (Å²) in [4.78, 5) is 23.1. The van der Waals surface area contributed by atoms with Crippen LogP contribution in [0.15, 0.2) is 18.2 Å². The molecule has 1 N–H and O–H groups in total. The van der Waals surface area contributed by atoms with Crippen molar-refractivity contribution in [2.45, 2.75) is 56.1 Å². The van der Waals surface area contributed by atoms with Crippen molar-refractivity contribution in [3.05, 3.63) is 29.3 Å². The minimum atomic E-state index is -0.354. The maximum Gasteiger partial charge on any atom is 0.286 e. The quantitative estimate of drug-likeness (QED) is 0.910. The Morgan fingerprint density at radius 3 is 2.61 bits per heavy atom. The topological polar surface area (TPSA) is 55.4 Å². The monoisotopic (exact) mass is 333 g/mol. The van der Waals surface area contributed by atoms with Crippen molar-refractivity contribution in [2.24, 2.45) is 0 Å². The highest BCUT2D eigenvalue weighted by Gasteiger charge is 2.33. The number of carbonyl (C=O) groups is 2. The Labute approximate surface area is 141 Å². The maximum atomic E-state index is 11.8. The van der Waals surface area contributed by atoms with Gasteiger partial charge < -0.3 is 4.74 Å². The Balaban J connectivity index is 1.82. The zero-order valence-corrected chi connectivity index (χ0v) is 14.5. The van der Waals surface area contributed by atoms with Crippen LogP contribution in [0.3, 0.4) is 0 Å². The molecular weight excluding hydrogens is 310 g/mol. The molecule has 1 aliphatic heterocycles. The standard InChI is InChI=1S/C18H23NO3S/c1-18(8-4-3-5-9-18)13-7-6-12(14(11-13)22-2)10-15-16(20)19-17(21)23-15/h6-7,11,15H,3-5,8-10H2,1-2H3,(H,19,20,21). The van der Waals surface area contributed by atoms with E-state index in [2.05, 4.69) is 30.4 Å². The number of benzene rings is 1. The average molecular weight is 333 g/mol. The molecule has 23 heavy (non-hydrogen) atoms. The van der Waals surface area contributed by atoms with Gasteiger partial charge in [0.05, 0.1) is 12.4 Å². The van der Waals surface area contributed by atoms with Crippen molar-refractivity contribution >= 4 is 22.9 Å². The molecule has 5 heteroatoms. The van der Waals surface area contributed by atoms with E-state index >= 15 is 0 Å². The highest BCUT2D eigenvalue weighted by Crippen LogP contribution is 2.41. The van der Waals surface area contributed by atoms with Crippen molar-refractivity contribution in [2.75, 3.05) is 7.11 Å². The van der Waals surface area contributed by atoms with Crippen LogP contribution in [0.2, 0.25) is 0 Å². The van der Waals surface area contributed by atoms with Gasteiger partial charge in [0.15, 0.2) is 0 Å². The number of methoxy groups -OCH3 is 1. The van der Waals surface area contributed by atoms with E-state index in [0.717, 1.165) is 23.1 Å². The summed E-state index contributed by atoms with van der Waals surface area (Å²) < 4.78 is 5.57. The first kappa shape index (κ1) is 16.4. The smallest absolute Gasteiger partial charge is 0.286 e. The third-order valence-corrected chi connectivity index (χ3v) is 6.09. The summed E-state index contributed by atoms with van der Waals surface area (Å²) in [5.74, 6) is 0.618. The fourth-order valence-electron chi connectivity index (χ4n) is 3.64. The molecular formula is C18H23NO3S. The predicted octanol–water partition coefficient (Wildman–Crippen LogP) is 3.81. The van der Waals surface area contributed by atoms with Crippen LogP contribution in [0.1, 0.15) is 50.2 Å². The molecule has 4 nitrogen and oxygen atoms in total. The second-order valence-electron chi connectivity index (χ2n) is 6.74. The van der Waals surface area contributed by atoms with Gasteiger partial charge in [-0.15, -0.1) is 0 Å². The third kappa shape index (κ3) is 3.39. The Morgan fingerprint density at radius 2 is 2.00 bits per heavy atom. The lowest BCUT2D eigenvalue weighted by atomic mass is 9.71. The number of hydrogen-bond acceptors (Lipinski definition) is 4. The highest BCUT2D eigenvalue weighted by molar-refractivity contribution is 8.15. The molecule has 3 rings (SSSR count). The van der Waals surface area contributed by atoms with Gasteiger partial charge in [0.2, 0.25) is 5.91 Å². The fourth-order valence-corrected chi connectivity index (χ4v) is 4.48. The van der Waals surface area contributed by atoms with Crippen LogP contribution >= 0.6 is 11.8 Å². The predicted molar refractivity (Wildman–Crippen MR) is 92.1 cm³/mol. The van der Waals surface area contributed by atoms with Gasteiger partial charge in [0, 0.05) is 0 Å². The first-order valence-corrected chi connectivity index (χ1v) is 9.09. The van der Waals surface area contributed by atoms with E-state index in [9.17, 15) is 9.59 Å². The largest absolute Gasteiger partial charge is 0.496 e. The van der Waals surface area contributed by atoms with Gasteiger partial charge in [-0.05, 0) is 41.9 Å². The lowest BCUT2D eigenvalue weighted by Crippen LogP contribution is -2.26. The van der Waals surface area contributed by atoms with Crippen LogP contribution in [-0.4, -0.2) is 23.5 Å². The molecule has 2 aliphatic rings. The fraction of sp³-hybridized carbons (Fsp3) is 0.556. The Kier molecular flexibility index (Phi) is 4.67. The summed E-state index contributed by atoms with van der Waals surface area (Å²) in [7, 11) is 1.67. The van der Waals surface area contributed by atoms with Crippen molar-refractivity contribution in [3.8, 4) is 5.75 Å². The average Bonchev–Trinajstić information content (AvgIpc) is 2.86. The molecule has 0 radical (unpaired) electrons. The summed E-state index contributed by atoms with van der Waals surface area (Å²) >= 11 is 1.06. The second kappa shape index (κ2) is 6.56. The van der Waals surface area contributed by atoms with E-state index in [1.807, 2.05) is 0 Å². The molecule has 2 amide bonds. The van der Waals surface area contributed by atoms with Crippen LogP contribution in [-0.2, 0) is 16.6 Å². The number of hydrogen-bond donors (Lipinski definition) is 1. The number of rotatable bonds is 4. The van der Waals surface area contributed by atoms with Gasteiger partial charge in [-0.25, -0.2) is 0 Å². The molecule has 1 aromatic rings. The number of carbonyl (C=O) groups excluding carboxylic acids is 2. The Bertz CT molecular complexity index is 623. The molecule has 0 spiro atoms. The van der Waals surface area contributed by atoms with Crippen molar-refractivity contribution in [3.63, 3.8) is 0 Å². The summed E-state index contributed by atoms with van der Waals surface area (Å²) in [6, 6.07) is 6.35. The molecule has 124 valence electrons. The van der Waals surface area contributed by atoms with E-state index in [1.54, 1.807) is 7.11 Å². The van der Waals surface area contributed by atoms with Crippen molar-refractivity contribution in [1.29, 1.82) is 0 Å². The lowest BCUT2D eigenvalue weighted by Gasteiger charge is -2.34. The van der Waals surface area contributed by atoms with Gasteiger partial charge in [-0.3, -0.25) is 14.9 Å². The molecule has 0 bridgehead atoms. The van der Waals surface area contributed by atoms with Gasteiger partial charge in [-0.2, -0.15) is 0 Å². The van der Waals surface area contributed by atoms with Crippen LogP contribution < -0.4 is 10.1 Å². The summed E-state index contributed by atoms with van der Waals surface area (Å²) in [5.41, 5.74) is 2.52. The molecule has 2 fully saturated rings. The minimum Gasteiger partial charge on any atom is -0.496 e. The summed E-state index contributed by atoms with van der Waals surface area (Å²) in [5, 5.41) is 1.72. The van der Waals surface area contributed by atoms with Gasteiger partial charge >= 0.3 is 0 Å². The molecule has 1 aliphatic carbocycles. The van der Waals surface area contributed by atoms with Crippen LogP contribution in [0, 0.1) is 0 Å². The van der Waals surface area contributed by atoms with E-state index in [4.69, 9.17) is 4.74 Å². The maximum absolute atomic E-state index is 11.8. The zero-order valence-electron chi connectivity index (χ0n) is 13.7. The first-order valence-electron chi connectivity index (χ1n) is 8.21. The first-order chi connectivity index (χ1) is 11.0. The van der Waals surface area contributed by atoms with Crippen LogP contribution in [0.5, 0.6) is 5.75 Å². The zero-order chi connectivity index (χ0) is 16.4. The van der Waals surface area contributed by atoms with Gasteiger partial charge in [-0.1, -0.05) is 50.1 Å². The molecule has 1 heterocycles. The number of nitrogens with one attached hydrogen (secondary N) is 1. The van der Waals surface area contributed by atoms with Crippen LogP contribution in [0.4, 0.5) is 4.79 Å². The van der Waals surface area contributed by atoms with Gasteiger partial charge in [0.25, 0.3) is 5.24 Å². The van der Waals surface area contributed by atoms with E-state index in [0.29, 0.717) is 6.42 Å². The number of thioether (sulfide) groups is 1. The second-order valence-corrected chi connectivity index (χ2v) is 7.91. The van der Waals surface area contributed by atoms with E-state index < -0.39 is 0 Å². The molecule has 1 atom stereocenters. The van der Waals surface area contributed by atoms with E-state index in [-0.39, 0.29) is 21.8 Å². The van der Waals surface area contributed by atoms with E-state index in [1.165, 1.54) is 37.7 Å². The van der Waals surface area contributed by atoms with Crippen molar-refractivity contribution < 1.29 is 14.3 Å². The van der Waals surface area contributed by atoms with Crippen molar-refractivity contribution in [1.82, 2.24) is 5.32 Å². The summed E-state index contributed by atoms with van der Waals surface area (Å²) in [6.45, 7) is 2.33. The molecule has 0 aromatic heterocycles. The minimum absolute atomic E-state index is 0.203. The Hall–Kier alpha value is -1.49. The number of ether oxygens (including phenoxy) is 1. The SMILES string of the molecule is COc1cc(C2(C)CCCCC2)ccc1CC1SC(=O)NC1=O. The number of amides is 2. The van der Waals surface area contributed by atoms with Gasteiger partial charge in [0.1, 0.15) is 5.75 Å². The summed E-state index contributed by atoms with van der Waals surface area (Å²) in [6.07, 6.45) is 6.83. The molecule has 1 aromatic carbocycles. The Morgan fingerprint density at radius 1 is 1.26 bits per heavy atom. The molecule has 1 saturated carbocycles. The highest BCUT2D eigenvalue weighted by atomic mass is 32.2. The molecule has 1 saturated heterocycles. The van der Waals surface area contributed by atoms with Crippen LogP contribution in [0.25, 0.3) is 0 Å². The lowest BCUT2D eigenvalue weighted by molar-refractivity contribution is -0.118.